The minimum Gasteiger partial charge on any atom is -0.300 e. The first-order chi connectivity index (χ1) is 6.43. The summed E-state index contributed by atoms with van der Waals surface area (Å²) in [6, 6.07) is 0. The van der Waals surface area contributed by atoms with Gasteiger partial charge in [0.2, 0.25) is 0 Å². The van der Waals surface area contributed by atoms with E-state index in [0.29, 0.717) is 11.4 Å². The van der Waals surface area contributed by atoms with Gasteiger partial charge < -0.3 is 0 Å². The summed E-state index contributed by atoms with van der Waals surface area (Å²) in [6.07, 6.45) is 0.658. The van der Waals surface area contributed by atoms with Crippen LogP contribution in [0.5, 0.6) is 0 Å². The van der Waals surface area contributed by atoms with E-state index in [4.69, 9.17) is 11.6 Å². The lowest BCUT2D eigenvalue weighted by Gasteiger charge is -2.07. The van der Waals surface area contributed by atoms with E-state index in [0.717, 1.165) is 11.4 Å². The SMILES string of the molecule is CC(=O)C(C)Cc1c(Cl)c(C)nn1C. The average molecular weight is 215 g/mol. The van der Waals surface area contributed by atoms with Crippen LogP contribution in [0.15, 0.2) is 0 Å². The molecule has 14 heavy (non-hydrogen) atoms. The molecular formula is C10H15ClN2O. The lowest BCUT2D eigenvalue weighted by Crippen LogP contribution is -2.12. The highest BCUT2D eigenvalue weighted by Gasteiger charge is 2.16. The molecule has 4 heteroatoms. The number of carbonyl (C=O) groups excluding carboxylic acids is 1. The Bertz CT molecular complexity index is 357. The lowest BCUT2D eigenvalue weighted by atomic mass is 10.0. The van der Waals surface area contributed by atoms with Crippen LogP contribution in [-0.2, 0) is 18.3 Å². The van der Waals surface area contributed by atoms with Crippen LogP contribution in [0.25, 0.3) is 0 Å². The van der Waals surface area contributed by atoms with Gasteiger partial charge in [-0.2, -0.15) is 5.10 Å². The summed E-state index contributed by atoms with van der Waals surface area (Å²) >= 11 is 6.07. The molecule has 0 aromatic carbocycles. The van der Waals surface area contributed by atoms with Crippen LogP contribution in [-0.4, -0.2) is 15.6 Å². The summed E-state index contributed by atoms with van der Waals surface area (Å²) in [7, 11) is 1.85. The Hall–Kier alpha value is -0.830. The normalized spacial score (nSPS) is 12.9. The Morgan fingerprint density at radius 3 is 2.57 bits per heavy atom. The van der Waals surface area contributed by atoms with Crippen molar-refractivity contribution in [2.24, 2.45) is 13.0 Å². The minimum atomic E-state index is 0.00213. The van der Waals surface area contributed by atoms with E-state index in [9.17, 15) is 4.79 Å². The molecule has 0 aliphatic rings. The van der Waals surface area contributed by atoms with Crippen LogP contribution in [0.2, 0.25) is 5.02 Å². The molecule has 0 amide bonds. The van der Waals surface area contributed by atoms with Crippen LogP contribution >= 0.6 is 11.6 Å². The predicted molar refractivity (Wildman–Crippen MR) is 56.5 cm³/mol. The molecule has 78 valence electrons. The zero-order valence-electron chi connectivity index (χ0n) is 8.97. The molecule has 1 aromatic rings. The van der Waals surface area contributed by atoms with Crippen LogP contribution in [0.3, 0.4) is 0 Å². The van der Waals surface area contributed by atoms with Crippen molar-refractivity contribution in [3.63, 3.8) is 0 Å². The van der Waals surface area contributed by atoms with Gasteiger partial charge in [0.25, 0.3) is 0 Å². The van der Waals surface area contributed by atoms with Crippen LogP contribution in [0, 0.1) is 12.8 Å². The fourth-order valence-corrected chi connectivity index (χ4v) is 1.57. The molecule has 0 aliphatic heterocycles. The Morgan fingerprint density at radius 1 is 1.64 bits per heavy atom. The highest BCUT2D eigenvalue weighted by Crippen LogP contribution is 2.22. The summed E-state index contributed by atoms with van der Waals surface area (Å²) in [5.74, 6) is 0.183. The zero-order chi connectivity index (χ0) is 10.9. The van der Waals surface area contributed by atoms with Crippen LogP contribution in [0.4, 0.5) is 0 Å². The second kappa shape index (κ2) is 4.13. The van der Waals surface area contributed by atoms with E-state index >= 15 is 0 Å². The van der Waals surface area contributed by atoms with Crippen molar-refractivity contribution >= 4 is 17.4 Å². The van der Waals surface area contributed by atoms with Crippen molar-refractivity contribution in [3.05, 3.63) is 16.4 Å². The second-order valence-corrected chi connectivity index (χ2v) is 4.06. The summed E-state index contributed by atoms with van der Waals surface area (Å²) in [5.41, 5.74) is 1.76. The molecule has 0 fully saturated rings. The molecule has 0 saturated heterocycles. The van der Waals surface area contributed by atoms with Gasteiger partial charge in [-0.25, -0.2) is 0 Å². The zero-order valence-corrected chi connectivity index (χ0v) is 9.72. The smallest absolute Gasteiger partial charge is 0.133 e. The van der Waals surface area contributed by atoms with Gasteiger partial charge in [-0.1, -0.05) is 18.5 Å². The number of halogens is 1. The molecular weight excluding hydrogens is 200 g/mol. The van der Waals surface area contributed by atoms with Crippen LogP contribution in [0.1, 0.15) is 25.2 Å². The van der Waals surface area contributed by atoms with Gasteiger partial charge in [-0.3, -0.25) is 9.48 Å². The van der Waals surface area contributed by atoms with Crippen LogP contribution < -0.4 is 0 Å². The number of aryl methyl sites for hydroxylation is 2. The van der Waals surface area contributed by atoms with Crippen molar-refractivity contribution in [1.29, 1.82) is 0 Å². The van der Waals surface area contributed by atoms with Crippen molar-refractivity contribution in [1.82, 2.24) is 9.78 Å². The monoisotopic (exact) mass is 214 g/mol. The molecule has 0 saturated carbocycles. The number of ketones is 1. The molecule has 0 aliphatic carbocycles. The number of nitrogens with zero attached hydrogens (tertiary/aromatic N) is 2. The third-order valence-electron chi connectivity index (χ3n) is 2.46. The van der Waals surface area contributed by atoms with E-state index in [1.165, 1.54) is 0 Å². The number of carbonyl (C=O) groups is 1. The van der Waals surface area contributed by atoms with E-state index in [-0.39, 0.29) is 11.7 Å². The van der Waals surface area contributed by atoms with E-state index < -0.39 is 0 Å². The van der Waals surface area contributed by atoms with Gasteiger partial charge in [0.15, 0.2) is 0 Å². The molecule has 0 N–H and O–H groups in total. The summed E-state index contributed by atoms with van der Waals surface area (Å²) in [6.45, 7) is 5.37. The Labute approximate surface area is 89.1 Å². The summed E-state index contributed by atoms with van der Waals surface area (Å²) < 4.78 is 1.75. The van der Waals surface area contributed by atoms with E-state index in [1.807, 2.05) is 20.9 Å². The second-order valence-electron chi connectivity index (χ2n) is 3.69. The number of rotatable bonds is 3. The molecule has 0 radical (unpaired) electrons. The fraction of sp³-hybridized carbons (Fsp3) is 0.600. The first-order valence-corrected chi connectivity index (χ1v) is 4.99. The average Bonchev–Trinajstić information content (AvgIpc) is 2.32. The standard InChI is InChI=1S/C10H15ClN2O/c1-6(8(3)14)5-9-10(11)7(2)12-13(9)4/h6H,5H2,1-4H3. The van der Waals surface area contributed by atoms with Gasteiger partial charge in [-0.05, 0) is 13.8 Å². The molecule has 0 spiro atoms. The van der Waals surface area contributed by atoms with Crippen molar-refractivity contribution < 1.29 is 4.79 Å². The molecule has 1 unspecified atom stereocenters. The molecule has 1 rings (SSSR count). The van der Waals surface area contributed by atoms with E-state index in [2.05, 4.69) is 5.10 Å². The Morgan fingerprint density at radius 2 is 2.21 bits per heavy atom. The van der Waals surface area contributed by atoms with Gasteiger partial charge in [0.1, 0.15) is 5.78 Å². The third-order valence-corrected chi connectivity index (χ3v) is 2.95. The number of Topliss-reactive ketones (excluding diaryl/α,β-unsaturated/α-hetero) is 1. The number of aromatic nitrogens is 2. The summed E-state index contributed by atoms with van der Waals surface area (Å²) in [5, 5.41) is 4.88. The van der Waals surface area contributed by atoms with E-state index in [1.54, 1.807) is 11.6 Å². The van der Waals surface area contributed by atoms with Crippen molar-refractivity contribution in [3.8, 4) is 0 Å². The molecule has 0 bridgehead atoms. The summed E-state index contributed by atoms with van der Waals surface area (Å²) in [4.78, 5) is 11.1. The fourth-order valence-electron chi connectivity index (χ4n) is 1.34. The largest absolute Gasteiger partial charge is 0.300 e. The van der Waals surface area contributed by atoms with Gasteiger partial charge >= 0.3 is 0 Å². The predicted octanol–water partition coefficient (Wildman–Crippen LogP) is 2.15. The first kappa shape index (κ1) is 11.2. The van der Waals surface area contributed by atoms with Gasteiger partial charge in [0.05, 0.1) is 16.4 Å². The maximum Gasteiger partial charge on any atom is 0.133 e. The Balaban J connectivity index is 2.91. The lowest BCUT2D eigenvalue weighted by molar-refractivity contribution is -0.120. The van der Waals surface area contributed by atoms with Crippen molar-refractivity contribution in [2.75, 3.05) is 0 Å². The molecule has 1 aromatic heterocycles. The first-order valence-electron chi connectivity index (χ1n) is 4.62. The highest BCUT2D eigenvalue weighted by molar-refractivity contribution is 6.31. The quantitative estimate of drug-likeness (QED) is 0.773. The maximum absolute atomic E-state index is 11.1. The number of hydrogen-bond donors (Lipinski definition) is 0. The molecule has 1 heterocycles. The third kappa shape index (κ3) is 2.15. The Kier molecular flexibility index (Phi) is 3.32. The number of hydrogen-bond acceptors (Lipinski definition) is 2. The van der Waals surface area contributed by atoms with Gasteiger partial charge in [-0.15, -0.1) is 0 Å². The van der Waals surface area contributed by atoms with Gasteiger partial charge in [0, 0.05) is 19.4 Å². The highest BCUT2D eigenvalue weighted by atomic mass is 35.5. The maximum atomic E-state index is 11.1. The topological polar surface area (TPSA) is 34.9 Å². The van der Waals surface area contributed by atoms with Crippen molar-refractivity contribution in [2.45, 2.75) is 27.2 Å². The molecule has 3 nitrogen and oxygen atoms in total. The minimum absolute atomic E-state index is 0.00213. The molecule has 1 atom stereocenters.